The average Bonchev–Trinajstić information content (AvgIpc) is 2.99. The molecule has 0 aliphatic heterocycles. The number of aromatic nitrogens is 2. The Hall–Kier alpha value is -2.70. The predicted molar refractivity (Wildman–Crippen MR) is 108 cm³/mol. The van der Waals surface area contributed by atoms with Gasteiger partial charge < -0.3 is 14.8 Å². The van der Waals surface area contributed by atoms with E-state index in [1.54, 1.807) is 32.4 Å². The summed E-state index contributed by atoms with van der Waals surface area (Å²) >= 11 is 0. The molecule has 0 atom stereocenters. The molecule has 1 aromatic heterocycles. The van der Waals surface area contributed by atoms with Crippen LogP contribution in [0.1, 0.15) is 47.2 Å². The molecule has 2 aromatic rings. The van der Waals surface area contributed by atoms with E-state index in [4.69, 9.17) is 14.6 Å². The monoisotopic (exact) mass is 374 g/mol. The van der Waals surface area contributed by atoms with Crippen molar-refractivity contribution in [1.82, 2.24) is 9.78 Å². The lowest BCUT2D eigenvalue weighted by Crippen LogP contribution is -2.28. The van der Waals surface area contributed by atoms with Gasteiger partial charge in [-0.15, -0.1) is 0 Å². The van der Waals surface area contributed by atoms with Crippen LogP contribution in [-0.4, -0.2) is 30.0 Å². The number of nitrogens with zero attached hydrogens (tertiary/aromatic N) is 2. The molecule has 7 nitrogen and oxygen atoms in total. The van der Waals surface area contributed by atoms with Gasteiger partial charge in [-0.1, -0.05) is 20.8 Å². The predicted octanol–water partition coefficient (Wildman–Crippen LogP) is 4.60. The summed E-state index contributed by atoms with van der Waals surface area (Å²) in [6, 6.07) is 6.75. The SMILES string of the molecule is COc1ccc(NC(=O)Nc2cc(C(C)(C)C)nn2C(C)(C)C)c(OC)c1. The second-order valence-corrected chi connectivity index (χ2v) is 8.39. The lowest BCUT2D eigenvalue weighted by atomic mass is 9.92. The van der Waals surface area contributed by atoms with Crippen molar-refractivity contribution in [3.63, 3.8) is 0 Å². The van der Waals surface area contributed by atoms with Gasteiger partial charge in [0.15, 0.2) is 0 Å². The lowest BCUT2D eigenvalue weighted by Gasteiger charge is -2.23. The molecule has 27 heavy (non-hydrogen) atoms. The summed E-state index contributed by atoms with van der Waals surface area (Å²) in [5.41, 5.74) is 1.07. The Morgan fingerprint density at radius 1 is 1.00 bits per heavy atom. The fourth-order valence-corrected chi connectivity index (χ4v) is 2.52. The molecular weight excluding hydrogens is 344 g/mol. The fourth-order valence-electron chi connectivity index (χ4n) is 2.52. The smallest absolute Gasteiger partial charge is 0.324 e. The second kappa shape index (κ2) is 7.50. The molecule has 7 heteroatoms. The highest BCUT2D eigenvalue weighted by atomic mass is 16.5. The minimum Gasteiger partial charge on any atom is -0.497 e. The molecule has 1 aromatic carbocycles. The number of urea groups is 1. The van der Waals surface area contributed by atoms with Gasteiger partial charge in [-0.2, -0.15) is 5.10 Å². The highest BCUT2D eigenvalue weighted by Crippen LogP contribution is 2.30. The number of rotatable bonds is 4. The van der Waals surface area contributed by atoms with Gasteiger partial charge in [-0.3, -0.25) is 5.32 Å². The highest BCUT2D eigenvalue weighted by molar-refractivity contribution is 6.00. The number of benzene rings is 1. The minimum absolute atomic E-state index is 0.122. The van der Waals surface area contributed by atoms with Crippen molar-refractivity contribution >= 4 is 17.5 Å². The molecular formula is C20H30N4O3. The molecule has 0 fully saturated rings. The molecule has 0 bridgehead atoms. The van der Waals surface area contributed by atoms with E-state index in [2.05, 4.69) is 31.4 Å². The van der Waals surface area contributed by atoms with Crippen LogP contribution in [0.2, 0.25) is 0 Å². The van der Waals surface area contributed by atoms with Crippen LogP contribution in [-0.2, 0) is 11.0 Å². The molecule has 2 N–H and O–H groups in total. The van der Waals surface area contributed by atoms with Gasteiger partial charge in [-0.05, 0) is 32.9 Å². The first kappa shape index (κ1) is 20.6. The third kappa shape index (κ3) is 4.93. The Kier molecular flexibility index (Phi) is 5.73. The topological polar surface area (TPSA) is 77.4 Å². The number of anilines is 2. The van der Waals surface area contributed by atoms with Crippen molar-refractivity contribution in [1.29, 1.82) is 0 Å². The van der Waals surface area contributed by atoms with E-state index in [1.165, 1.54) is 0 Å². The van der Waals surface area contributed by atoms with Crippen LogP contribution in [0.4, 0.5) is 16.3 Å². The molecule has 2 amide bonds. The van der Waals surface area contributed by atoms with E-state index in [0.717, 1.165) is 5.69 Å². The first-order chi connectivity index (χ1) is 12.5. The lowest BCUT2D eigenvalue weighted by molar-refractivity contribution is 0.261. The van der Waals surface area contributed by atoms with Crippen LogP contribution >= 0.6 is 0 Å². The number of amides is 2. The Labute approximate surface area is 161 Å². The molecule has 0 spiro atoms. The van der Waals surface area contributed by atoms with Gasteiger partial charge in [-0.25, -0.2) is 9.48 Å². The van der Waals surface area contributed by atoms with Gasteiger partial charge >= 0.3 is 6.03 Å². The number of carbonyl (C=O) groups is 1. The van der Waals surface area contributed by atoms with Crippen LogP contribution in [0.5, 0.6) is 11.5 Å². The molecule has 0 aliphatic carbocycles. The molecule has 0 radical (unpaired) electrons. The standard InChI is InChI=1S/C20H30N4O3/c1-19(2,3)16-12-17(24(23-16)20(4,5)6)22-18(25)21-14-10-9-13(26-7)11-15(14)27-8/h9-12H,1-8H3,(H2,21,22,25). The van der Waals surface area contributed by atoms with E-state index < -0.39 is 0 Å². The summed E-state index contributed by atoms with van der Waals surface area (Å²) in [6.07, 6.45) is 0. The largest absolute Gasteiger partial charge is 0.497 e. The van der Waals surface area contributed by atoms with Crippen LogP contribution in [0.3, 0.4) is 0 Å². The van der Waals surface area contributed by atoms with E-state index in [9.17, 15) is 4.79 Å². The summed E-state index contributed by atoms with van der Waals surface area (Å²) in [5.74, 6) is 1.81. The van der Waals surface area contributed by atoms with E-state index in [-0.39, 0.29) is 17.0 Å². The van der Waals surface area contributed by atoms with E-state index >= 15 is 0 Å². The van der Waals surface area contributed by atoms with E-state index in [0.29, 0.717) is 23.0 Å². The number of methoxy groups -OCH3 is 2. The zero-order chi connectivity index (χ0) is 20.4. The van der Waals surface area contributed by atoms with Gasteiger partial charge in [0.05, 0.1) is 31.1 Å². The number of hydrogen-bond donors (Lipinski definition) is 2. The second-order valence-electron chi connectivity index (χ2n) is 8.39. The van der Waals surface area contributed by atoms with Crippen LogP contribution in [0, 0.1) is 0 Å². The average molecular weight is 374 g/mol. The minimum atomic E-state index is -0.371. The number of nitrogens with one attached hydrogen (secondary N) is 2. The van der Waals surface area contributed by atoms with Gasteiger partial charge in [0.25, 0.3) is 0 Å². The summed E-state index contributed by atoms with van der Waals surface area (Å²) in [7, 11) is 3.12. The maximum atomic E-state index is 12.6. The molecule has 2 rings (SSSR count). The number of carbonyl (C=O) groups excluding carboxylic acids is 1. The third-order valence-corrected chi connectivity index (χ3v) is 4.01. The summed E-state index contributed by atoms with van der Waals surface area (Å²) in [5, 5.41) is 10.4. The Bertz CT molecular complexity index is 814. The molecule has 0 unspecified atom stereocenters. The molecule has 0 saturated carbocycles. The quantitative estimate of drug-likeness (QED) is 0.820. The maximum Gasteiger partial charge on any atom is 0.324 e. The maximum absolute atomic E-state index is 12.6. The van der Waals surface area contributed by atoms with Crippen LogP contribution in [0.25, 0.3) is 0 Å². The van der Waals surface area contributed by atoms with Crippen molar-refractivity contribution in [2.75, 3.05) is 24.9 Å². The molecule has 0 saturated heterocycles. The number of hydrogen-bond acceptors (Lipinski definition) is 4. The first-order valence-corrected chi connectivity index (χ1v) is 8.87. The van der Waals surface area contributed by atoms with Gasteiger partial charge in [0, 0.05) is 17.5 Å². The number of ether oxygens (including phenoxy) is 2. The molecule has 1 heterocycles. The first-order valence-electron chi connectivity index (χ1n) is 8.87. The zero-order valence-electron chi connectivity index (χ0n) is 17.4. The van der Waals surface area contributed by atoms with Gasteiger partial charge in [0.2, 0.25) is 0 Å². The van der Waals surface area contributed by atoms with Crippen LogP contribution < -0.4 is 20.1 Å². The van der Waals surface area contributed by atoms with Gasteiger partial charge in [0.1, 0.15) is 17.3 Å². The fraction of sp³-hybridized carbons (Fsp3) is 0.500. The van der Waals surface area contributed by atoms with Crippen molar-refractivity contribution in [2.24, 2.45) is 0 Å². The summed E-state index contributed by atoms with van der Waals surface area (Å²) in [4.78, 5) is 12.6. The summed E-state index contributed by atoms with van der Waals surface area (Å²) < 4.78 is 12.3. The van der Waals surface area contributed by atoms with Crippen molar-refractivity contribution in [3.8, 4) is 11.5 Å². The van der Waals surface area contributed by atoms with Crippen LogP contribution in [0.15, 0.2) is 24.3 Å². The Morgan fingerprint density at radius 3 is 2.19 bits per heavy atom. The molecule has 0 aliphatic rings. The summed E-state index contributed by atoms with van der Waals surface area (Å²) in [6.45, 7) is 12.4. The van der Waals surface area contributed by atoms with Crippen molar-refractivity contribution < 1.29 is 14.3 Å². The molecule has 148 valence electrons. The Balaban J connectivity index is 2.27. The van der Waals surface area contributed by atoms with E-state index in [1.807, 2.05) is 31.5 Å². The third-order valence-electron chi connectivity index (χ3n) is 4.01. The van der Waals surface area contributed by atoms with Crippen molar-refractivity contribution in [2.45, 2.75) is 52.5 Å². The van der Waals surface area contributed by atoms with Crippen molar-refractivity contribution in [3.05, 3.63) is 30.0 Å². The normalized spacial score (nSPS) is 11.9. The highest BCUT2D eigenvalue weighted by Gasteiger charge is 2.26. The zero-order valence-corrected chi connectivity index (χ0v) is 17.4. The Morgan fingerprint density at radius 2 is 1.67 bits per heavy atom.